The third-order valence-corrected chi connectivity index (χ3v) is 7.51. The molecule has 33 heavy (non-hydrogen) atoms. The Morgan fingerprint density at radius 3 is 2.48 bits per heavy atom. The van der Waals surface area contributed by atoms with Gasteiger partial charge in [-0.25, -0.2) is 13.8 Å². The average Bonchev–Trinajstić information content (AvgIpc) is 3.01. The summed E-state index contributed by atoms with van der Waals surface area (Å²) in [6.45, 7) is 3.43. The fourth-order valence-corrected chi connectivity index (χ4v) is 4.90. The summed E-state index contributed by atoms with van der Waals surface area (Å²) in [5, 5.41) is 4.90. The van der Waals surface area contributed by atoms with Crippen molar-refractivity contribution in [3.8, 4) is 5.69 Å². The van der Waals surface area contributed by atoms with Crippen molar-refractivity contribution in [2.24, 2.45) is 5.10 Å². The molecule has 1 heterocycles. The van der Waals surface area contributed by atoms with E-state index < -0.39 is 22.5 Å². The number of aromatic nitrogens is 1. The molecular formula is C22H21Cl2IN4O3S. The molecule has 1 N–H and O–H groups in total. The van der Waals surface area contributed by atoms with Crippen molar-refractivity contribution >= 4 is 73.6 Å². The predicted octanol–water partition coefficient (Wildman–Crippen LogP) is 4.92. The maximum atomic E-state index is 12.4. The van der Waals surface area contributed by atoms with Crippen LogP contribution in [0.2, 0.25) is 10.0 Å². The van der Waals surface area contributed by atoms with Gasteiger partial charge in [0.05, 0.1) is 33.9 Å². The lowest BCUT2D eigenvalue weighted by molar-refractivity contribution is -0.119. The molecule has 7 nitrogen and oxygen atoms in total. The standard InChI is InChI=1S/C22H21Cl2IN4O3S/c1-14-11-16(15(2)29(14)20-6-4-5-19(23)22(20)24)12-26-27-21(30)13-28(33(3,31)32)18-9-7-17(25)8-10-18/h4-12H,13H2,1-3H3,(H,27,30)/b26-12-. The van der Waals surface area contributed by atoms with Crippen molar-refractivity contribution in [2.45, 2.75) is 13.8 Å². The Morgan fingerprint density at radius 1 is 1.18 bits per heavy atom. The van der Waals surface area contributed by atoms with Gasteiger partial charge >= 0.3 is 0 Å². The molecule has 0 aliphatic heterocycles. The number of hydrazone groups is 1. The summed E-state index contributed by atoms with van der Waals surface area (Å²) in [6.07, 6.45) is 2.56. The van der Waals surface area contributed by atoms with E-state index in [4.69, 9.17) is 23.2 Å². The van der Waals surface area contributed by atoms with Gasteiger partial charge in [-0.15, -0.1) is 0 Å². The maximum absolute atomic E-state index is 12.4. The second-order valence-corrected chi connectivity index (χ2v) is 11.2. The first-order valence-electron chi connectivity index (χ1n) is 9.67. The molecule has 0 fully saturated rings. The van der Waals surface area contributed by atoms with Crippen molar-refractivity contribution in [3.05, 3.63) is 79.1 Å². The van der Waals surface area contributed by atoms with Crippen LogP contribution in [0.3, 0.4) is 0 Å². The summed E-state index contributed by atoms with van der Waals surface area (Å²) >= 11 is 14.6. The van der Waals surface area contributed by atoms with Gasteiger partial charge in [-0.1, -0.05) is 29.3 Å². The van der Waals surface area contributed by atoms with Crippen LogP contribution >= 0.6 is 45.8 Å². The van der Waals surface area contributed by atoms with E-state index in [0.29, 0.717) is 15.7 Å². The zero-order chi connectivity index (χ0) is 24.3. The average molecular weight is 619 g/mol. The first-order chi connectivity index (χ1) is 15.5. The van der Waals surface area contributed by atoms with Crippen molar-refractivity contribution in [1.82, 2.24) is 9.99 Å². The Labute approximate surface area is 216 Å². The number of sulfonamides is 1. The fourth-order valence-electron chi connectivity index (χ4n) is 3.30. The van der Waals surface area contributed by atoms with E-state index in [-0.39, 0.29) is 0 Å². The van der Waals surface area contributed by atoms with Crippen LogP contribution in [0.15, 0.2) is 53.6 Å². The number of anilines is 1. The van der Waals surface area contributed by atoms with Gasteiger partial charge in [-0.05, 0) is 78.9 Å². The summed E-state index contributed by atoms with van der Waals surface area (Å²) < 4.78 is 28.3. The van der Waals surface area contributed by atoms with Gasteiger partial charge in [0.25, 0.3) is 5.91 Å². The molecule has 0 saturated carbocycles. The van der Waals surface area contributed by atoms with Crippen LogP contribution in [0, 0.1) is 17.4 Å². The van der Waals surface area contributed by atoms with Gasteiger partial charge in [0.2, 0.25) is 10.0 Å². The van der Waals surface area contributed by atoms with Gasteiger partial charge in [-0.2, -0.15) is 5.10 Å². The van der Waals surface area contributed by atoms with Gasteiger partial charge in [0, 0.05) is 20.5 Å². The Bertz CT molecular complexity index is 1320. The molecule has 11 heteroatoms. The largest absolute Gasteiger partial charge is 0.316 e. The first kappa shape index (κ1) is 25.5. The topological polar surface area (TPSA) is 83.8 Å². The summed E-state index contributed by atoms with van der Waals surface area (Å²) in [5.74, 6) is -0.568. The molecule has 0 atom stereocenters. The molecule has 0 bridgehead atoms. The second-order valence-electron chi connectivity index (χ2n) is 7.27. The number of benzene rings is 2. The molecule has 0 spiro atoms. The number of nitrogens with one attached hydrogen (secondary N) is 1. The van der Waals surface area contributed by atoms with Crippen molar-refractivity contribution in [1.29, 1.82) is 0 Å². The van der Waals surface area contributed by atoms with E-state index in [2.05, 4.69) is 33.1 Å². The van der Waals surface area contributed by atoms with Gasteiger partial charge < -0.3 is 4.57 Å². The molecule has 3 rings (SSSR count). The van der Waals surface area contributed by atoms with E-state index in [1.54, 1.807) is 30.3 Å². The Hall–Kier alpha value is -2.08. The number of carbonyl (C=O) groups is 1. The smallest absolute Gasteiger partial charge is 0.260 e. The fraction of sp³-hybridized carbons (Fsp3) is 0.182. The maximum Gasteiger partial charge on any atom is 0.260 e. The van der Waals surface area contributed by atoms with E-state index in [9.17, 15) is 13.2 Å². The number of rotatable bonds is 7. The highest BCUT2D eigenvalue weighted by Crippen LogP contribution is 2.31. The highest BCUT2D eigenvalue weighted by molar-refractivity contribution is 14.1. The van der Waals surface area contributed by atoms with Crippen LogP contribution in [0.1, 0.15) is 17.0 Å². The third kappa shape index (κ3) is 6.08. The highest BCUT2D eigenvalue weighted by atomic mass is 127. The summed E-state index contributed by atoms with van der Waals surface area (Å²) in [5.41, 5.74) is 6.07. The molecule has 0 saturated heterocycles. The minimum Gasteiger partial charge on any atom is -0.316 e. The minimum absolute atomic E-state index is 0.395. The molecule has 1 aromatic heterocycles. The monoisotopic (exact) mass is 618 g/mol. The van der Waals surface area contributed by atoms with E-state index >= 15 is 0 Å². The zero-order valence-corrected chi connectivity index (χ0v) is 22.5. The second kappa shape index (κ2) is 10.5. The Morgan fingerprint density at radius 2 is 1.85 bits per heavy atom. The van der Waals surface area contributed by atoms with Gasteiger partial charge in [0.15, 0.2) is 0 Å². The number of amides is 1. The SMILES string of the molecule is Cc1cc(/C=N\NC(=O)CN(c2ccc(I)cc2)S(C)(=O)=O)c(C)n1-c1cccc(Cl)c1Cl. The summed E-state index contributed by atoms with van der Waals surface area (Å²) in [7, 11) is -3.66. The minimum atomic E-state index is -3.66. The first-order valence-corrected chi connectivity index (χ1v) is 13.4. The van der Waals surface area contributed by atoms with Gasteiger partial charge in [-0.3, -0.25) is 9.10 Å². The number of halogens is 3. The Balaban J connectivity index is 1.76. The highest BCUT2D eigenvalue weighted by Gasteiger charge is 2.20. The number of hydrogen-bond acceptors (Lipinski definition) is 4. The molecule has 2 aromatic carbocycles. The van der Waals surface area contributed by atoms with E-state index in [1.807, 2.05) is 36.6 Å². The van der Waals surface area contributed by atoms with Crippen LogP contribution in [0.25, 0.3) is 5.69 Å². The van der Waals surface area contributed by atoms with Gasteiger partial charge in [0.1, 0.15) is 6.54 Å². The van der Waals surface area contributed by atoms with Crippen LogP contribution in [0.5, 0.6) is 0 Å². The number of carbonyl (C=O) groups excluding carboxylic acids is 1. The zero-order valence-electron chi connectivity index (χ0n) is 18.0. The van der Waals surface area contributed by atoms with Crippen LogP contribution in [0.4, 0.5) is 5.69 Å². The quantitative estimate of drug-likeness (QED) is 0.232. The van der Waals surface area contributed by atoms with Crippen molar-refractivity contribution in [2.75, 3.05) is 17.1 Å². The Kier molecular flexibility index (Phi) is 8.09. The normalized spacial score (nSPS) is 11.7. The molecule has 1 amide bonds. The van der Waals surface area contributed by atoms with E-state index in [0.717, 1.165) is 36.8 Å². The summed E-state index contributed by atoms with van der Waals surface area (Å²) in [4.78, 5) is 12.4. The van der Waals surface area contributed by atoms with Crippen LogP contribution < -0.4 is 9.73 Å². The molecule has 0 unspecified atom stereocenters. The van der Waals surface area contributed by atoms with Crippen LogP contribution in [-0.2, 0) is 14.8 Å². The third-order valence-electron chi connectivity index (χ3n) is 4.84. The lowest BCUT2D eigenvalue weighted by atomic mass is 10.2. The number of hydrogen-bond donors (Lipinski definition) is 1. The van der Waals surface area contributed by atoms with Crippen molar-refractivity contribution in [3.63, 3.8) is 0 Å². The van der Waals surface area contributed by atoms with Crippen LogP contribution in [-0.4, -0.2) is 37.9 Å². The van der Waals surface area contributed by atoms with E-state index in [1.165, 1.54) is 6.21 Å². The molecule has 0 aliphatic rings. The molecule has 3 aromatic rings. The number of aryl methyl sites for hydroxylation is 1. The molecule has 174 valence electrons. The molecular weight excluding hydrogens is 598 g/mol. The summed E-state index contributed by atoms with van der Waals surface area (Å²) in [6, 6.07) is 14.1. The van der Waals surface area contributed by atoms with Crippen molar-refractivity contribution < 1.29 is 13.2 Å². The predicted molar refractivity (Wildman–Crippen MR) is 142 cm³/mol. The molecule has 0 radical (unpaired) electrons. The molecule has 0 aliphatic carbocycles. The lowest BCUT2D eigenvalue weighted by Crippen LogP contribution is -2.39. The number of nitrogens with zero attached hydrogens (tertiary/aromatic N) is 3. The lowest BCUT2D eigenvalue weighted by Gasteiger charge is -2.21.